The quantitative estimate of drug-likeness (QED) is 0.452. The Labute approximate surface area is 91.6 Å². The van der Waals surface area contributed by atoms with Crippen LogP contribution in [0.15, 0.2) is 30.3 Å². The van der Waals surface area contributed by atoms with E-state index in [4.69, 9.17) is 9.84 Å². The summed E-state index contributed by atoms with van der Waals surface area (Å²) in [6.45, 7) is 0.0343. The highest BCUT2D eigenvalue weighted by atomic mass is 16.5. The molecule has 1 N–H and O–H groups in total. The Balaban J connectivity index is 2.36. The first-order chi connectivity index (χ1) is 7.59. The number of hydrogen-bond acceptors (Lipinski definition) is 4. The zero-order valence-corrected chi connectivity index (χ0v) is 8.38. The summed E-state index contributed by atoms with van der Waals surface area (Å²) in [7, 11) is 0. The molecule has 16 heavy (non-hydrogen) atoms. The van der Waals surface area contributed by atoms with E-state index in [1.807, 2.05) is 6.07 Å². The number of benzene rings is 1. The zero-order valence-electron chi connectivity index (χ0n) is 8.38. The molecule has 0 aliphatic heterocycles. The molecule has 1 aromatic rings. The van der Waals surface area contributed by atoms with E-state index in [2.05, 4.69) is 0 Å². The maximum Gasteiger partial charge on any atom is 0.372 e. The molecule has 0 radical (unpaired) electrons. The SMILES string of the molecule is O=C(CC(=O)C(=O)O)OCc1ccccc1. The highest BCUT2D eigenvalue weighted by molar-refractivity contribution is 6.35. The van der Waals surface area contributed by atoms with Crippen molar-refractivity contribution in [3.05, 3.63) is 35.9 Å². The molecule has 0 fully saturated rings. The van der Waals surface area contributed by atoms with Crippen LogP contribution in [0.2, 0.25) is 0 Å². The highest BCUT2D eigenvalue weighted by Gasteiger charge is 2.17. The van der Waals surface area contributed by atoms with Crippen molar-refractivity contribution >= 4 is 17.7 Å². The first-order valence-corrected chi connectivity index (χ1v) is 4.55. The second-order valence-corrected chi connectivity index (χ2v) is 3.05. The number of ether oxygens (including phenoxy) is 1. The van der Waals surface area contributed by atoms with Gasteiger partial charge in [0.1, 0.15) is 13.0 Å². The molecule has 0 aliphatic carbocycles. The topological polar surface area (TPSA) is 80.7 Å². The summed E-state index contributed by atoms with van der Waals surface area (Å²) in [4.78, 5) is 31.8. The predicted octanol–water partition coefficient (Wildman–Crippen LogP) is 0.774. The smallest absolute Gasteiger partial charge is 0.372 e. The Kier molecular flexibility index (Phi) is 4.20. The summed E-state index contributed by atoms with van der Waals surface area (Å²) in [5, 5.41) is 8.26. The first kappa shape index (κ1) is 11.9. The van der Waals surface area contributed by atoms with E-state index < -0.39 is 24.1 Å². The van der Waals surface area contributed by atoms with Gasteiger partial charge >= 0.3 is 11.9 Å². The number of rotatable bonds is 5. The molecule has 5 heteroatoms. The fourth-order valence-corrected chi connectivity index (χ4v) is 0.996. The number of hydrogen-bond donors (Lipinski definition) is 1. The molecule has 0 aliphatic rings. The van der Waals surface area contributed by atoms with Crippen molar-refractivity contribution in [3.8, 4) is 0 Å². The molecule has 84 valence electrons. The lowest BCUT2D eigenvalue weighted by Crippen LogP contribution is -2.18. The molecule has 0 amide bonds. The van der Waals surface area contributed by atoms with Gasteiger partial charge in [0.15, 0.2) is 0 Å². The first-order valence-electron chi connectivity index (χ1n) is 4.55. The highest BCUT2D eigenvalue weighted by Crippen LogP contribution is 2.01. The van der Waals surface area contributed by atoms with Crippen LogP contribution in [-0.2, 0) is 25.7 Å². The van der Waals surface area contributed by atoms with E-state index in [1.165, 1.54) is 0 Å². The molecule has 0 heterocycles. The van der Waals surface area contributed by atoms with Crippen LogP contribution in [0.5, 0.6) is 0 Å². The Bertz CT molecular complexity index is 396. The minimum atomic E-state index is -1.63. The van der Waals surface area contributed by atoms with Gasteiger partial charge in [-0.05, 0) is 5.56 Å². The van der Waals surface area contributed by atoms with E-state index in [9.17, 15) is 14.4 Å². The van der Waals surface area contributed by atoms with Gasteiger partial charge < -0.3 is 9.84 Å². The second-order valence-electron chi connectivity index (χ2n) is 3.05. The number of Topliss-reactive ketones (excluding diaryl/α,β-unsaturated/α-hetero) is 1. The standard InChI is InChI=1S/C11H10O5/c12-9(11(14)15)6-10(13)16-7-8-4-2-1-3-5-8/h1-5H,6-7H2,(H,14,15). The van der Waals surface area contributed by atoms with E-state index in [-0.39, 0.29) is 6.61 Å². The molecule has 0 unspecified atom stereocenters. The van der Waals surface area contributed by atoms with Gasteiger partial charge in [-0.25, -0.2) is 4.79 Å². The van der Waals surface area contributed by atoms with Crippen LogP contribution in [-0.4, -0.2) is 22.8 Å². The lowest BCUT2D eigenvalue weighted by Gasteiger charge is -2.02. The predicted molar refractivity (Wildman–Crippen MR) is 53.5 cm³/mol. The van der Waals surface area contributed by atoms with E-state index in [0.29, 0.717) is 0 Å². The Morgan fingerprint density at radius 1 is 1.12 bits per heavy atom. The summed E-state index contributed by atoms with van der Waals surface area (Å²) < 4.78 is 4.73. The van der Waals surface area contributed by atoms with Crippen molar-refractivity contribution in [1.29, 1.82) is 0 Å². The molecule has 0 saturated heterocycles. The van der Waals surface area contributed by atoms with Crippen LogP contribution in [0.1, 0.15) is 12.0 Å². The van der Waals surface area contributed by atoms with Crippen LogP contribution in [0, 0.1) is 0 Å². The number of aliphatic carboxylic acids is 1. The fourth-order valence-electron chi connectivity index (χ4n) is 0.996. The van der Waals surface area contributed by atoms with Crippen molar-refractivity contribution in [3.63, 3.8) is 0 Å². The lowest BCUT2D eigenvalue weighted by molar-refractivity contribution is -0.155. The van der Waals surface area contributed by atoms with E-state index >= 15 is 0 Å². The third-order valence-electron chi connectivity index (χ3n) is 1.79. The van der Waals surface area contributed by atoms with Gasteiger partial charge in [-0.15, -0.1) is 0 Å². The van der Waals surface area contributed by atoms with Crippen LogP contribution < -0.4 is 0 Å². The molecular weight excluding hydrogens is 212 g/mol. The number of carbonyl (C=O) groups excluding carboxylic acids is 2. The minimum absolute atomic E-state index is 0.0343. The second kappa shape index (κ2) is 5.65. The third kappa shape index (κ3) is 3.91. The van der Waals surface area contributed by atoms with Crippen molar-refractivity contribution < 1.29 is 24.2 Å². The fraction of sp³-hybridized carbons (Fsp3) is 0.182. The van der Waals surface area contributed by atoms with Crippen molar-refractivity contribution in [2.45, 2.75) is 13.0 Å². The monoisotopic (exact) mass is 222 g/mol. The van der Waals surface area contributed by atoms with Crippen LogP contribution in [0.25, 0.3) is 0 Å². The van der Waals surface area contributed by atoms with Gasteiger partial charge in [0.25, 0.3) is 5.78 Å². The van der Waals surface area contributed by atoms with Crippen LogP contribution >= 0.6 is 0 Å². The van der Waals surface area contributed by atoms with Crippen molar-refractivity contribution in [2.75, 3.05) is 0 Å². The maximum atomic E-state index is 11.0. The van der Waals surface area contributed by atoms with Gasteiger partial charge in [0.2, 0.25) is 0 Å². The number of carboxylic acid groups (broad SMARTS) is 1. The molecular formula is C11H10O5. The molecule has 0 aromatic heterocycles. The minimum Gasteiger partial charge on any atom is -0.475 e. The molecule has 0 saturated carbocycles. The number of carbonyl (C=O) groups is 3. The van der Waals surface area contributed by atoms with Gasteiger partial charge in [0.05, 0.1) is 0 Å². The van der Waals surface area contributed by atoms with Gasteiger partial charge in [0, 0.05) is 0 Å². The molecule has 1 rings (SSSR count). The van der Waals surface area contributed by atoms with E-state index in [0.717, 1.165) is 5.56 Å². The molecule has 5 nitrogen and oxygen atoms in total. The van der Waals surface area contributed by atoms with Gasteiger partial charge in [-0.3, -0.25) is 9.59 Å². The summed E-state index contributed by atoms with van der Waals surface area (Å²) in [5.41, 5.74) is 0.777. The average molecular weight is 222 g/mol. The van der Waals surface area contributed by atoms with E-state index in [1.54, 1.807) is 24.3 Å². The summed E-state index contributed by atoms with van der Waals surface area (Å²) >= 11 is 0. The molecule has 0 atom stereocenters. The van der Waals surface area contributed by atoms with Gasteiger partial charge in [-0.2, -0.15) is 0 Å². The molecule has 1 aromatic carbocycles. The number of esters is 1. The Hall–Kier alpha value is -2.17. The molecule has 0 spiro atoms. The third-order valence-corrected chi connectivity index (χ3v) is 1.79. The van der Waals surface area contributed by atoms with Crippen LogP contribution in [0.3, 0.4) is 0 Å². The summed E-state index contributed by atoms with van der Waals surface area (Å²) in [6, 6.07) is 8.90. The lowest BCUT2D eigenvalue weighted by atomic mass is 10.2. The number of carboxylic acids is 1. The summed E-state index contributed by atoms with van der Waals surface area (Å²) in [6.07, 6.45) is -0.734. The zero-order chi connectivity index (χ0) is 12.0. The Morgan fingerprint density at radius 3 is 2.31 bits per heavy atom. The summed E-state index contributed by atoms with van der Waals surface area (Å²) in [5.74, 6) is -3.63. The number of ketones is 1. The van der Waals surface area contributed by atoms with Crippen LogP contribution in [0.4, 0.5) is 0 Å². The average Bonchev–Trinajstić information content (AvgIpc) is 2.27. The normalized spacial score (nSPS) is 9.50. The van der Waals surface area contributed by atoms with Crippen molar-refractivity contribution in [1.82, 2.24) is 0 Å². The molecule has 0 bridgehead atoms. The van der Waals surface area contributed by atoms with Gasteiger partial charge in [-0.1, -0.05) is 30.3 Å². The van der Waals surface area contributed by atoms with Crippen molar-refractivity contribution in [2.24, 2.45) is 0 Å². The Morgan fingerprint density at radius 2 is 1.75 bits per heavy atom. The largest absolute Gasteiger partial charge is 0.475 e. The maximum absolute atomic E-state index is 11.0.